The van der Waals surface area contributed by atoms with Gasteiger partial charge in [-0.2, -0.15) is 19.6 Å². The fourth-order valence-electron chi connectivity index (χ4n) is 8.42. The molecule has 0 saturated heterocycles. The van der Waals surface area contributed by atoms with E-state index in [0.29, 0.717) is 11.8 Å². The van der Waals surface area contributed by atoms with E-state index in [0.717, 1.165) is 103 Å². The SMILES string of the molecule is CCCCCC(C)(C)OOC1(OOC(C)(C)CCCCC)CCC(C(C)(C)C2CCC(OOC(C)(C)CCCCC)(OOC(C)(C)CCCCC)CC2)CC1. The summed E-state index contributed by atoms with van der Waals surface area (Å²) in [6.45, 7) is 30.8. The van der Waals surface area contributed by atoms with Crippen LogP contribution in [0.25, 0.3) is 0 Å². The minimum absolute atomic E-state index is 0.0967. The van der Waals surface area contributed by atoms with Gasteiger partial charge in [-0.1, -0.05) is 119 Å². The summed E-state index contributed by atoms with van der Waals surface area (Å²) in [7, 11) is 0. The second kappa shape index (κ2) is 23.5. The van der Waals surface area contributed by atoms with E-state index >= 15 is 0 Å². The number of unbranched alkanes of at least 4 members (excludes halogenated alkanes) is 8. The van der Waals surface area contributed by atoms with E-state index < -0.39 is 34.0 Å². The maximum absolute atomic E-state index is 6.38. The zero-order valence-corrected chi connectivity index (χ0v) is 38.9. The van der Waals surface area contributed by atoms with Gasteiger partial charge in [0.1, 0.15) is 0 Å². The highest BCUT2D eigenvalue weighted by Crippen LogP contribution is 2.53. The van der Waals surface area contributed by atoms with Crippen molar-refractivity contribution in [3.8, 4) is 0 Å². The molecule has 0 atom stereocenters. The second-order valence-electron chi connectivity index (χ2n) is 20.7. The Bertz CT molecular complexity index is 870. The van der Waals surface area contributed by atoms with E-state index in [9.17, 15) is 0 Å². The van der Waals surface area contributed by atoms with Crippen molar-refractivity contribution in [1.29, 1.82) is 0 Å². The first-order valence-corrected chi connectivity index (χ1v) is 23.2. The van der Waals surface area contributed by atoms with Crippen molar-refractivity contribution in [2.75, 3.05) is 0 Å². The summed E-state index contributed by atoms with van der Waals surface area (Å²) in [5.41, 5.74) is -1.51. The Morgan fingerprint density at radius 2 is 0.582 bits per heavy atom. The Hall–Kier alpha value is -0.320. The van der Waals surface area contributed by atoms with Crippen LogP contribution >= 0.6 is 0 Å². The van der Waals surface area contributed by atoms with Crippen molar-refractivity contribution < 1.29 is 39.1 Å². The van der Waals surface area contributed by atoms with Gasteiger partial charge < -0.3 is 0 Å². The normalized spacial score (nSPS) is 19.3. The van der Waals surface area contributed by atoms with Crippen LogP contribution in [0.3, 0.4) is 0 Å². The summed E-state index contributed by atoms with van der Waals surface area (Å²) in [5, 5.41) is 0. The zero-order valence-electron chi connectivity index (χ0n) is 38.9. The first kappa shape index (κ1) is 50.8. The molecule has 2 saturated carbocycles. The lowest BCUT2D eigenvalue weighted by Crippen LogP contribution is -2.49. The molecule has 0 aromatic rings. The molecule has 0 aromatic carbocycles. The average Bonchev–Trinajstić information content (AvgIpc) is 3.13. The minimum atomic E-state index is -0.928. The van der Waals surface area contributed by atoms with Crippen LogP contribution in [0.4, 0.5) is 0 Å². The molecule has 55 heavy (non-hydrogen) atoms. The van der Waals surface area contributed by atoms with E-state index in [1.54, 1.807) is 0 Å². The molecule has 2 fully saturated rings. The summed E-state index contributed by atoms with van der Waals surface area (Å²) in [5.74, 6) is -0.847. The van der Waals surface area contributed by atoms with Crippen LogP contribution in [0, 0.1) is 17.3 Å². The fourth-order valence-corrected chi connectivity index (χ4v) is 8.42. The Morgan fingerprint density at radius 3 is 0.782 bits per heavy atom. The van der Waals surface area contributed by atoms with Crippen LogP contribution in [0.2, 0.25) is 0 Å². The Kier molecular flexibility index (Phi) is 21.7. The van der Waals surface area contributed by atoms with Crippen LogP contribution < -0.4 is 0 Å². The second-order valence-corrected chi connectivity index (χ2v) is 20.7. The average molecular weight is 785 g/mol. The molecule has 328 valence electrons. The maximum atomic E-state index is 6.38. The van der Waals surface area contributed by atoms with Gasteiger partial charge in [-0.3, -0.25) is 0 Å². The van der Waals surface area contributed by atoms with Crippen molar-refractivity contribution >= 4 is 0 Å². The summed E-state index contributed by atoms with van der Waals surface area (Å²) in [4.78, 5) is 50.5. The largest absolute Gasteiger partial charge is 0.234 e. The fraction of sp³-hybridized carbons (Fsp3) is 1.00. The van der Waals surface area contributed by atoms with Gasteiger partial charge in [-0.25, -0.2) is 19.6 Å². The molecule has 2 aliphatic rings. The lowest BCUT2D eigenvalue weighted by molar-refractivity contribution is -0.550. The first-order valence-electron chi connectivity index (χ1n) is 23.2. The Labute approximate surface area is 340 Å². The molecule has 0 bridgehead atoms. The molecule has 0 spiro atoms. The third kappa shape index (κ3) is 18.6. The Morgan fingerprint density at radius 1 is 0.364 bits per heavy atom. The number of rotatable bonds is 30. The van der Waals surface area contributed by atoms with Crippen LogP contribution in [-0.2, 0) is 39.1 Å². The lowest BCUT2D eigenvalue weighted by Gasteiger charge is -2.50. The van der Waals surface area contributed by atoms with Crippen LogP contribution in [0.5, 0.6) is 0 Å². The van der Waals surface area contributed by atoms with Gasteiger partial charge in [-0.05, 0) is 124 Å². The van der Waals surface area contributed by atoms with Crippen molar-refractivity contribution in [2.45, 2.75) is 285 Å². The summed E-state index contributed by atoms with van der Waals surface area (Å²) >= 11 is 0. The molecule has 0 aliphatic heterocycles. The summed E-state index contributed by atoms with van der Waals surface area (Å²) in [6.07, 6.45) is 24.5. The highest BCUT2D eigenvalue weighted by molar-refractivity contribution is 4.94. The first-order chi connectivity index (χ1) is 25.7. The third-order valence-electron chi connectivity index (χ3n) is 12.8. The molecule has 8 heteroatoms. The van der Waals surface area contributed by atoms with E-state index in [1.807, 2.05) is 0 Å². The van der Waals surface area contributed by atoms with Crippen LogP contribution in [0.1, 0.15) is 251 Å². The van der Waals surface area contributed by atoms with Gasteiger partial charge in [0, 0.05) is 25.7 Å². The smallest absolute Gasteiger partial charge is 0.228 e. The Balaban J connectivity index is 2.16. The van der Waals surface area contributed by atoms with Crippen molar-refractivity contribution in [3.05, 3.63) is 0 Å². The number of hydrogen-bond acceptors (Lipinski definition) is 8. The predicted octanol–water partition coefficient (Wildman–Crippen LogP) is 15.0. The maximum Gasteiger partial charge on any atom is 0.234 e. The predicted molar refractivity (Wildman–Crippen MR) is 225 cm³/mol. The number of hydrogen-bond donors (Lipinski definition) is 0. The minimum Gasteiger partial charge on any atom is -0.228 e. The topological polar surface area (TPSA) is 73.8 Å². The molecule has 0 N–H and O–H groups in total. The molecule has 2 rings (SSSR count). The monoisotopic (exact) mass is 785 g/mol. The van der Waals surface area contributed by atoms with Gasteiger partial charge in [-0.15, -0.1) is 0 Å². The van der Waals surface area contributed by atoms with E-state index in [-0.39, 0.29) is 5.41 Å². The summed E-state index contributed by atoms with van der Waals surface area (Å²) < 4.78 is 0. The molecular formula is C47H92O8. The molecule has 8 nitrogen and oxygen atoms in total. The van der Waals surface area contributed by atoms with Gasteiger partial charge in [0.15, 0.2) is 0 Å². The van der Waals surface area contributed by atoms with Gasteiger partial charge in [0.05, 0.1) is 22.4 Å². The van der Waals surface area contributed by atoms with Crippen LogP contribution in [0.15, 0.2) is 0 Å². The summed E-state index contributed by atoms with van der Waals surface area (Å²) in [6, 6.07) is 0. The third-order valence-corrected chi connectivity index (χ3v) is 12.8. The van der Waals surface area contributed by atoms with E-state index in [4.69, 9.17) is 39.1 Å². The van der Waals surface area contributed by atoms with Gasteiger partial charge >= 0.3 is 0 Å². The van der Waals surface area contributed by atoms with Crippen molar-refractivity contribution in [3.63, 3.8) is 0 Å². The van der Waals surface area contributed by atoms with Crippen LogP contribution in [-0.4, -0.2) is 34.0 Å². The standard InChI is InChI=1S/C47H92O8/c1-15-19-23-31-41(5,6)48-52-46(53-49-42(7,8)32-24-20-16-2)35-27-39(28-36-46)45(13,14)40-29-37-47(38-30-40,54-50-43(9,10)33-25-21-17-3)55-51-44(11,12)34-26-22-18-4/h39-40H,15-38H2,1-14H3. The van der Waals surface area contributed by atoms with Gasteiger partial charge in [0.25, 0.3) is 0 Å². The molecule has 0 heterocycles. The quantitative estimate of drug-likeness (QED) is 0.0309. The highest BCUT2D eigenvalue weighted by Gasteiger charge is 2.51. The molecule has 2 aliphatic carbocycles. The zero-order chi connectivity index (χ0) is 41.3. The molecule has 0 amide bonds. The molecule has 0 aromatic heterocycles. The molecule has 0 unspecified atom stereocenters. The van der Waals surface area contributed by atoms with Gasteiger partial charge in [0.2, 0.25) is 11.6 Å². The molecule has 0 radical (unpaired) electrons. The van der Waals surface area contributed by atoms with E-state index in [1.165, 1.54) is 51.4 Å². The lowest BCUT2D eigenvalue weighted by atomic mass is 9.60. The highest BCUT2D eigenvalue weighted by atomic mass is 17.3. The van der Waals surface area contributed by atoms with E-state index in [2.05, 4.69) is 96.9 Å². The molecular weight excluding hydrogens is 693 g/mol. The van der Waals surface area contributed by atoms with Crippen molar-refractivity contribution in [1.82, 2.24) is 0 Å². The van der Waals surface area contributed by atoms with Crippen molar-refractivity contribution in [2.24, 2.45) is 17.3 Å².